The van der Waals surface area contributed by atoms with Crippen LogP contribution in [0, 0.1) is 0 Å². The molecule has 0 radical (unpaired) electrons. The van der Waals surface area contributed by atoms with E-state index in [1.54, 1.807) is 29.3 Å². The summed E-state index contributed by atoms with van der Waals surface area (Å²) in [4.78, 5) is 18.1. The molecule has 0 fully saturated rings. The number of aromatic nitrogens is 1. The van der Waals surface area contributed by atoms with E-state index in [1.165, 1.54) is 24.5 Å². The molecule has 2 aromatic rings. The predicted octanol–water partition coefficient (Wildman–Crippen LogP) is 1.85. The summed E-state index contributed by atoms with van der Waals surface area (Å²) >= 11 is 1.27. The molecule has 6 nitrogen and oxygen atoms in total. The average Bonchev–Trinajstić information content (AvgIpc) is 2.91. The summed E-state index contributed by atoms with van der Waals surface area (Å²) in [7, 11) is -3.62. The lowest BCUT2D eigenvalue weighted by molar-refractivity contribution is -0.129. The number of carbonyl (C=O) groups is 1. The van der Waals surface area contributed by atoms with Crippen molar-refractivity contribution in [3.8, 4) is 0 Å². The summed E-state index contributed by atoms with van der Waals surface area (Å²) in [6, 6.07) is 4.98. The third-order valence-electron chi connectivity index (χ3n) is 3.47. The molecule has 3 rings (SSSR count). The number of pyridine rings is 1. The second-order valence-corrected chi connectivity index (χ2v) is 8.10. The van der Waals surface area contributed by atoms with Crippen LogP contribution in [-0.2, 0) is 27.8 Å². The molecule has 0 spiro atoms. The lowest BCUT2D eigenvalue weighted by Crippen LogP contribution is -2.33. The summed E-state index contributed by atoms with van der Waals surface area (Å²) in [5.41, 5.74) is 1.34. The van der Waals surface area contributed by atoms with Crippen molar-refractivity contribution in [1.82, 2.24) is 9.88 Å². The standard InChI is InChI=1S/C14H15N3O3S2/c1-10(18)17-6-4-13-11(9-17)7-14(21-13)22(19,20)16-12-3-2-5-15-8-12/h2-3,5,7-8,16H,4,6,9H2,1H3. The summed E-state index contributed by atoms with van der Waals surface area (Å²) < 4.78 is 27.6. The maximum absolute atomic E-state index is 12.4. The molecule has 0 aromatic carbocycles. The highest BCUT2D eigenvalue weighted by molar-refractivity contribution is 7.94. The van der Waals surface area contributed by atoms with Crippen LogP contribution in [0.15, 0.2) is 34.8 Å². The van der Waals surface area contributed by atoms with E-state index >= 15 is 0 Å². The van der Waals surface area contributed by atoms with Gasteiger partial charge in [-0.1, -0.05) is 0 Å². The lowest BCUT2D eigenvalue weighted by Gasteiger charge is -2.25. The fourth-order valence-corrected chi connectivity index (χ4v) is 4.92. The largest absolute Gasteiger partial charge is 0.338 e. The molecule has 0 saturated carbocycles. The Balaban J connectivity index is 1.86. The van der Waals surface area contributed by atoms with Gasteiger partial charge in [0.05, 0.1) is 11.9 Å². The van der Waals surface area contributed by atoms with E-state index in [0.29, 0.717) is 25.2 Å². The van der Waals surface area contributed by atoms with Crippen molar-refractivity contribution in [3.63, 3.8) is 0 Å². The molecule has 116 valence electrons. The number of rotatable bonds is 3. The third kappa shape index (κ3) is 2.97. The Morgan fingerprint density at radius 2 is 2.27 bits per heavy atom. The van der Waals surface area contributed by atoms with Crippen molar-refractivity contribution >= 4 is 33.0 Å². The molecule has 22 heavy (non-hydrogen) atoms. The summed E-state index contributed by atoms with van der Waals surface area (Å²) in [6.07, 6.45) is 3.74. The molecule has 1 amide bonds. The molecular formula is C14H15N3O3S2. The average molecular weight is 337 g/mol. The van der Waals surface area contributed by atoms with Crippen molar-refractivity contribution in [2.45, 2.75) is 24.1 Å². The summed E-state index contributed by atoms with van der Waals surface area (Å²) in [5, 5.41) is 0. The van der Waals surface area contributed by atoms with E-state index in [4.69, 9.17) is 0 Å². The van der Waals surface area contributed by atoms with Gasteiger partial charge in [0.1, 0.15) is 4.21 Å². The van der Waals surface area contributed by atoms with Crippen molar-refractivity contribution < 1.29 is 13.2 Å². The van der Waals surface area contributed by atoms with Crippen molar-refractivity contribution in [3.05, 3.63) is 41.0 Å². The first kappa shape index (κ1) is 15.0. The van der Waals surface area contributed by atoms with Gasteiger partial charge in [-0.15, -0.1) is 11.3 Å². The highest BCUT2D eigenvalue weighted by Gasteiger charge is 2.25. The Morgan fingerprint density at radius 1 is 1.45 bits per heavy atom. The number of anilines is 1. The second kappa shape index (κ2) is 5.69. The fraction of sp³-hybridized carbons (Fsp3) is 0.286. The Morgan fingerprint density at radius 3 is 2.95 bits per heavy atom. The highest BCUT2D eigenvalue weighted by atomic mass is 32.2. The lowest BCUT2D eigenvalue weighted by atomic mass is 10.1. The van der Waals surface area contributed by atoms with E-state index in [-0.39, 0.29) is 10.1 Å². The maximum atomic E-state index is 12.4. The van der Waals surface area contributed by atoms with Crippen LogP contribution in [0.1, 0.15) is 17.4 Å². The molecule has 8 heteroatoms. The minimum atomic E-state index is -3.62. The van der Waals surface area contributed by atoms with Crippen LogP contribution in [0.3, 0.4) is 0 Å². The van der Waals surface area contributed by atoms with Gasteiger partial charge >= 0.3 is 0 Å². The highest BCUT2D eigenvalue weighted by Crippen LogP contribution is 2.31. The maximum Gasteiger partial charge on any atom is 0.271 e. The quantitative estimate of drug-likeness (QED) is 0.927. The minimum absolute atomic E-state index is 0.00902. The SMILES string of the molecule is CC(=O)N1CCc2sc(S(=O)(=O)Nc3cccnc3)cc2C1. The molecular weight excluding hydrogens is 322 g/mol. The molecule has 1 aliphatic heterocycles. The van der Waals surface area contributed by atoms with Crippen LogP contribution in [0.25, 0.3) is 0 Å². The van der Waals surface area contributed by atoms with Crippen molar-refractivity contribution in [2.75, 3.05) is 11.3 Å². The summed E-state index contributed by atoms with van der Waals surface area (Å²) in [6.45, 7) is 2.64. The van der Waals surface area contributed by atoms with Gasteiger partial charge in [0.2, 0.25) is 5.91 Å². The first-order valence-corrected chi connectivity index (χ1v) is 9.05. The number of amides is 1. The van der Waals surface area contributed by atoms with Gasteiger partial charge in [-0.2, -0.15) is 0 Å². The molecule has 1 N–H and O–H groups in total. The number of sulfonamides is 1. The first-order valence-electron chi connectivity index (χ1n) is 6.75. The number of carbonyl (C=O) groups excluding carboxylic acids is 1. The van der Waals surface area contributed by atoms with Gasteiger partial charge in [0, 0.05) is 31.1 Å². The molecule has 0 unspecified atom stereocenters. The van der Waals surface area contributed by atoms with E-state index in [9.17, 15) is 13.2 Å². The topological polar surface area (TPSA) is 79.4 Å². The molecule has 0 bridgehead atoms. The van der Waals surface area contributed by atoms with Crippen LogP contribution < -0.4 is 4.72 Å². The number of fused-ring (bicyclic) bond motifs is 1. The normalized spacial score (nSPS) is 14.5. The van der Waals surface area contributed by atoms with E-state index in [0.717, 1.165) is 10.4 Å². The zero-order chi connectivity index (χ0) is 15.7. The second-order valence-electron chi connectivity index (χ2n) is 5.05. The van der Waals surface area contributed by atoms with Crippen molar-refractivity contribution in [1.29, 1.82) is 0 Å². The third-order valence-corrected chi connectivity index (χ3v) is 6.56. The molecule has 2 aromatic heterocycles. The molecule has 0 atom stereocenters. The van der Waals surface area contributed by atoms with Crippen LogP contribution in [-0.4, -0.2) is 30.8 Å². The molecule has 0 saturated heterocycles. The van der Waals surface area contributed by atoms with Crippen LogP contribution >= 0.6 is 11.3 Å². The minimum Gasteiger partial charge on any atom is -0.338 e. The van der Waals surface area contributed by atoms with Crippen LogP contribution in [0.5, 0.6) is 0 Å². The molecule has 3 heterocycles. The Kier molecular flexibility index (Phi) is 3.88. The zero-order valence-corrected chi connectivity index (χ0v) is 13.6. The van der Waals surface area contributed by atoms with Gasteiger partial charge < -0.3 is 4.90 Å². The van der Waals surface area contributed by atoms with E-state index in [2.05, 4.69) is 9.71 Å². The number of hydrogen-bond acceptors (Lipinski definition) is 5. The summed E-state index contributed by atoms with van der Waals surface area (Å²) in [5.74, 6) is 0.00902. The van der Waals surface area contributed by atoms with Gasteiger partial charge in [0.25, 0.3) is 10.0 Å². The van der Waals surface area contributed by atoms with Gasteiger partial charge in [-0.3, -0.25) is 14.5 Å². The van der Waals surface area contributed by atoms with E-state index in [1.807, 2.05) is 0 Å². The predicted molar refractivity (Wildman–Crippen MR) is 84.2 cm³/mol. The fourth-order valence-electron chi connectivity index (χ4n) is 2.34. The smallest absolute Gasteiger partial charge is 0.271 e. The number of nitrogens with zero attached hydrogens (tertiary/aromatic N) is 2. The van der Waals surface area contributed by atoms with Crippen LogP contribution in [0.4, 0.5) is 5.69 Å². The van der Waals surface area contributed by atoms with Crippen LogP contribution in [0.2, 0.25) is 0 Å². The Hall–Kier alpha value is -1.93. The number of hydrogen-bond donors (Lipinski definition) is 1. The van der Waals surface area contributed by atoms with Gasteiger partial charge in [-0.25, -0.2) is 8.42 Å². The molecule has 1 aliphatic rings. The van der Waals surface area contributed by atoms with Gasteiger partial charge in [0.15, 0.2) is 0 Å². The zero-order valence-electron chi connectivity index (χ0n) is 11.9. The number of nitrogens with one attached hydrogen (secondary N) is 1. The molecule has 0 aliphatic carbocycles. The first-order chi connectivity index (χ1) is 10.5. The van der Waals surface area contributed by atoms with E-state index < -0.39 is 10.0 Å². The number of thiophene rings is 1. The Bertz CT molecular complexity index is 800. The monoisotopic (exact) mass is 337 g/mol. The van der Waals surface area contributed by atoms with Gasteiger partial charge in [-0.05, 0) is 30.2 Å². The van der Waals surface area contributed by atoms with Crippen molar-refractivity contribution in [2.24, 2.45) is 0 Å². The Labute approximate surface area is 132 Å².